The van der Waals surface area contributed by atoms with E-state index in [1.807, 2.05) is 20.8 Å². The van der Waals surface area contributed by atoms with Crippen molar-refractivity contribution in [1.29, 1.82) is 0 Å². The molecular weight excluding hydrogens is 264 g/mol. The van der Waals surface area contributed by atoms with Gasteiger partial charge in [0, 0.05) is 12.3 Å². The van der Waals surface area contributed by atoms with Crippen molar-refractivity contribution in [3.05, 3.63) is 0 Å². The number of nitrogens with zero attached hydrogens (tertiary/aromatic N) is 1. The smallest absolute Gasteiger partial charge is 0.327 e. The fraction of sp³-hybridized carbons (Fsp3) is 0.846. The van der Waals surface area contributed by atoms with Crippen LogP contribution < -0.4 is 5.32 Å². The van der Waals surface area contributed by atoms with Gasteiger partial charge in [0.1, 0.15) is 6.04 Å². The Bertz CT molecular complexity index is 377. The first-order chi connectivity index (χ1) is 8.79. The van der Waals surface area contributed by atoms with Crippen LogP contribution >= 0.6 is 11.8 Å². The molecule has 1 heterocycles. The normalized spacial score (nSPS) is 27.4. The minimum absolute atomic E-state index is 0.00365. The Hall–Kier alpha value is -0.910. The quantitative estimate of drug-likeness (QED) is 0.832. The molecule has 0 radical (unpaired) electrons. The van der Waals surface area contributed by atoms with E-state index in [1.165, 1.54) is 0 Å². The number of carbonyl (C=O) groups excluding carboxylic acids is 1. The van der Waals surface area contributed by atoms with E-state index in [-0.39, 0.29) is 16.8 Å². The molecule has 0 spiro atoms. The summed E-state index contributed by atoms with van der Waals surface area (Å²) < 4.78 is 0. The van der Waals surface area contributed by atoms with E-state index in [0.717, 1.165) is 12.8 Å². The van der Waals surface area contributed by atoms with Crippen LogP contribution in [0.2, 0.25) is 0 Å². The Balaban J connectivity index is 2.03. The lowest BCUT2D eigenvalue weighted by molar-refractivity contribution is -0.141. The van der Waals surface area contributed by atoms with E-state index < -0.39 is 12.0 Å². The number of hydrogen-bond donors (Lipinski definition) is 2. The Morgan fingerprint density at radius 3 is 2.47 bits per heavy atom. The molecule has 0 aromatic rings. The number of urea groups is 1. The van der Waals surface area contributed by atoms with Crippen molar-refractivity contribution in [3.63, 3.8) is 0 Å². The van der Waals surface area contributed by atoms with E-state index in [1.54, 1.807) is 16.7 Å². The predicted molar refractivity (Wildman–Crippen MR) is 75.1 cm³/mol. The molecule has 2 fully saturated rings. The van der Waals surface area contributed by atoms with Crippen molar-refractivity contribution in [3.8, 4) is 0 Å². The van der Waals surface area contributed by atoms with Crippen LogP contribution in [0.3, 0.4) is 0 Å². The molecule has 0 aromatic heterocycles. The van der Waals surface area contributed by atoms with E-state index in [9.17, 15) is 14.7 Å². The number of nitrogens with one attached hydrogen (secondary N) is 1. The first-order valence-electron chi connectivity index (χ1n) is 6.70. The van der Waals surface area contributed by atoms with Crippen LogP contribution in [0.4, 0.5) is 4.79 Å². The monoisotopic (exact) mass is 286 g/mol. The largest absolute Gasteiger partial charge is 0.480 e. The summed E-state index contributed by atoms with van der Waals surface area (Å²) in [5.74, 6) is 0.0793. The fourth-order valence-electron chi connectivity index (χ4n) is 2.15. The third kappa shape index (κ3) is 3.55. The Kier molecular flexibility index (Phi) is 3.99. The summed E-state index contributed by atoms with van der Waals surface area (Å²) in [6.45, 7) is 6.67. The molecule has 2 atom stereocenters. The number of carbonyl (C=O) groups is 2. The summed E-state index contributed by atoms with van der Waals surface area (Å²) in [4.78, 5) is 25.1. The molecule has 108 valence electrons. The number of amides is 2. The van der Waals surface area contributed by atoms with Gasteiger partial charge in [-0.3, -0.25) is 4.90 Å². The van der Waals surface area contributed by atoms with Crippen molar-refractivity contribution in [2.75, 3.05) is 12.3 Å². The Morgan fingerprint density at radius 1 is 1.37 bits per heavy atom. The van der Waals surface area contributed by atoms with Crippen LogP contribution in [0.25, 0.3) is 0 Å². The molecule has 1 aliphatic carbocycles. The molecule has 2 rings (SSSR count). The maximum Gasteiger partial charge on any atom is 0.327 e. The Morgan fingerprint density at radius 2 is 2.00 bits per heavy atom. The molecule has 2 amide bonds. The molecule has 5 nitrogen and oxygen atoms in total. The minimum atomic E-state index is -0.901. The maximum absolute atomic E-state index is 12.3. The average molecular weight is 286 g/mol. The highest BCUT2D eigenvalue weighted by Gasteiger charge is 2.48. The number of hydrogen-bond acceptors (Lipinski definition) is 3. The van der Waals surface area contributed by atoms with Gasteiger partial charge in [-0.2, -0.15) is 0 Å². The zero-order valence-corrected chi connectivity index (χ0v) is 12.5. The first-order valence-corrected chi connectivity index (χ1v) is 7.75. The van der Waals surface area contributed by atoms with Gasteiger partial charge in [-0.05, 0) is 24.2 Å². The lowest BCUT2D eigenvalue weighted by Crippen LogP contribution is -2.51. The van der Waals surface area contributed by atoms with Gasteiger partial charge in [-0.25, -0.2) is 9.59 Å². The zero-order chi connectivity index (χ0) is 14.2. The lowest BCUT2D eigenvalue weighted by Gasteiger charge is -2.29. The highest BCUT2D eigenvalue weighted by Crippen LogP contribution is 2.45. The van der Waals surface area contributed by atoms with Gasteiger partial charge in [0.2, 0.25) is 0 Å². The SMILES string of the molecule is CC(C)(C)CNC(=O)N1C(C(=O)O)CSC1C1CC1. The molecule has 19 heavy (non-hydrogen) atoms. The van der Waals surface area contributed by atoms with Crippen molar-refractivity contribution in [1.82, 2.24) is 10.2 Å². The van der Waals surface area contributed by atoms with Crippen molar-refractivity contribution in [2.24, 2.45) is 11.3 Å². The summed E-state index contributed by atoms with van der Waals surface area (Å²) in [7, 11) is 0. The van der Waals surface area contributed by atoms with Gasteiger partial charge in [0.25, 0.3) is 0 Å². The second-order valence-electron chi connectivity index (χ2n) is 6.54. The van der Waals surface area contributed by atoms with Gasteiger partial charge in [0.05, 0.1) is 5.37 Å². The van der Waals surface area contributed by atoms with Crippen LogP contribution in [0, 0.1) is 11.3 Å². The lowest BCUT2D eigenvalue weighted by atomic mass is 9.97. The number of carboxylic acids is 1. The predicted octanol–water partition coefficient (Wildman–Crippen LogP) is 1.98. The Labute approximate surface area is 118 Å². The highest BCUT2D eigenvalue weighted by molar-refractivity contribution is 8.00. The van der Waals surface area contributed by atoms with Gasteiger partial charge < -0.3 is 10.4 Å². The van der Waals surface area contributed by atoms with Gasteiger partial charge in [-0.1, -0.05) is 20.8 Å². The second-order valence-corrected chi connectivity index (χ2v) is 7.69. The summed E-state index contributed by atoms with van der Waals surface area (Å²) in [6, 6.07) is -0.917. The van der Waals surface area contributed by atoms with Crippen LogP contribution in [-0.4, -0.2) is 45.7 Å². The number of carboxylic acid groups (broad SMARTS) is 1. The van der Waals surface area contributed by atoms with Crippen LogP contribution in [0.15, 0.2) is 0 Å². The van der Waals surface area contributed by atoms with Crippen molar-refractivity contribution in [2.45, 2.75) is 45.0 Å². The van der Waals surface area contributed by atoms with Crippen molar-refractivity contribution < 1.29 is 14.7 Å². The van der Waals surface area contributed by atoms with Crippen molar-refractivity contribution >= 4 is 23.8 Å². The van der Waals surface area contributed by atoms with E-state index in [4.69, 9.17) is 0 Å². The molecule has 0 bridgehead atoms. The summed E-state index contributed by atoms with van der Waals surface area (Å²) >= 11 is 1.60. The van der Waals surface area contributed by atoms with Crippen LogP contribution in [0.1, 0.15) is 33.6 Å². The maximum atomic E-state index is 12.3. The van der Waals surface area contributed by atoms with E-state index in [0.29, 0.717) is 18.2 Å². The standard InChI is InChI=1S/C13H22N2O3S/c1-13(2,3)7-14-12(18)15-9(11(16)17)6-19-10(15)8-4-5-8/h8-10H,4-7H2,1-3H3,(H,14,18)(H,16,17). The second kappa shape index (κ2) is 5.23. The number of rotatable bonds is 3. The molecule has 1 saturated heterocycles. The third-order valence-corrected chi connectivity index (χ3v) is 4.81. The average Bonchev–Trinajstić information content (AvgIpc) is 3.03. The van der Waals surface area contributed by atoms with Gasteiger partial charge >= 0.3 is 12.0 Å². The number of thioether (sulfide) groups is 1. The first kappa shape index (κ1) is 14.5. The number of aliphatic carboxylic acids is 1. The van der Waals surface area contributed by atoms with Gasteiger partial charge in [-0.15, -0.1) is 11.8 Å². The zero-order valence-electron chi connectivity index (χ0n) is 11.7. The van der Waals surface area contributed by atoms with Crippen LogP contribution in [0.5, 0.6) is 0 Å². The molecular formula is C13H22N2O3S. The summed E-state index contributed by atoms with van der Waals surface area (Å²) in [6.07, 6.45) is 2.21. The van der Waals surface area contributed by atoms with Gasteiger partial charge in [0.15, 0.2) is 0 Å². The molecule has 6 heteroatoms. The van der Waals surface area contributed by atoms with Crippen LogP contribution in [-0.2, 0) is 4.79 Å². The highest BCUT2D eigenvalue weighted by atomic mass is 32.2. The topological polar surface area (TPSA) is 69.6 Å². The molecule has 2 unspecified atom stereocenters. The molecule has 0 aromatic carbocycles. The fourth-order valence-corrected chi connectivity index (χ4v) is 3.78. The minimum Gasteiger partial charge on any atom is -0.480 e. The molecule has 1 saturated carbocycles. The molecule has 2 aliphatic rings. The molecule has 1 aliphatic heterocycles. The van der Waals surface area contributed by atoms with E-state index >= 15 is 0 Å². The molecule has 2 N–H and O–H groups in total. The summed E-state index contributed by atoms with van der Waals surface area (Å²) in [5.41, 5.74) is -0.00365. The van der Waals surface area contributed by atoms with E-state index in [2.05, 4.69) is 5.32 Å². The summed E-state index contributed by atoms with van der Waals surface area (Å²) in [5, 5.41) is 12.2. The third-order valence-electron chi connectivity index (χ3n) is 3.35.